The Labute approximate surface area is 127 Å². The fraction of sp³-hybridized carbons (Fsp3) is 0.467. The van der Waals surface area contributed by atoms with Crippen LogP contribution in [-0.2, 0) is 4.79 Å². The van der Waals surface area contributed by atoms with Crippen molar-refractivity contribution in [2.24, 2.45) is 0 Å². The minimum Gasteiger partial charge on any atom is -0.352 e. The Kier molecular flexibility index (Phi) is 4.81. The van der Waals surface area contributed by atoms with E-state index in [1.807, 2.05) is 30.0 Å². The summed E-state index contributed by atoms with van der Waals surface area (Å²) in [6.45, 7) is 4.82. The second kappa shape index (κ2) is 6.39. The van der Waals surface area contributed by atoms with E-state index >= 15 is 0 Å². The van der Waals surface area contributed by atoms with Crippen molar-refractivity contribution >= 4 is 27.7 Å². The van der Waals surface area contributed by atoms with Crippen LogP contribution in [0.4, 0.5) is 0 Å². The molecule has 1 aliphatic heterocycles. The largest absolute Gasteiger partial charge is 0.352 e. The SMILES string of the molecule is CC(=O)NC1CCCN(C(=O)c2cc(C)cc(Br)c2)C1. The van der Waals surface area contributed by atoms with Gasteiger partial charge in [-0.3, -0.25) is 9.59 Å². The molecule has 1 fully saturated rings. The Morgan fingerprint density at radius 3 is 2.75 bits per heavy atom. The lowest BCUT2D eigenvalue weighted by Crippen LogP contribution is -2.49. The number of nitrogens with zero attached hydrogens (tertiary/aromatic N) is 1. The summed E-state index contributed by atoms with van der Waals surface area (Å²) >= 11 is 3.42. The van der Waals surface area contributed by atoms with Gasteiger partial charge in [0, 0.05) is 36.1 Å². The number of rotatable bonds is 2. The molecule has 1 N–H and O–H groups in total. The maximum Gasteiger partial charge on any atom is 0.253 e. The molecular formula is C15H19BrN2O2. The van der Waals surface area contributed by atoms with Crippen molar-refractivity contribution in [3.8, 4) is 0 Å². The summed E-state index contributed by atoms with van der Waals surface area (Å²) in [5.41, 5.74) is 1.75. The normalized spacial score (nSPS) is 18.8. The maximum atomic E-state index is 12.5. The first-order valence-corrected chi connectivity index (χ1v) is 7.58. The molecule has 0 saturated carbocycles. The second-order valence-electron chi connectivity index (χ2n) is 5.31. The summed E-state index contributed by atoms with van der Waals surface area (Å²) in [5.74, 6) is -0.00736. The zero-order valence-electron chi connectivity index (χ0n) is 11.8. The van der Waals surface area contributed by atoms with Crippen molar-refractivity contribution in [3.05, 3.63) is 33.8 Å². The molecule has 2 amide bonds. The zero-order valence-corrected chi connectivity index (χ0v) is 13.4. The van der Waals surface area contributed by atoms with Crippen LogP contribution in [0.3, 0.4) is 0 Å². The van der Waals surface area contributed by atoms with Gasteiger partial charge in [-0.25, -0.2) is 0 Å². The summed E-state index contributed by atoms with van der Waals surface area (Å²) in [4.78, 5) is 25.5. The van der Waals surface area contributed by atoms with E-state index in [2.05, 4.69) is 21.2 Å². The topological polar surface area (TPSA) is 49.4 Å². The molecular weight excluding hydrogens is 320 g/mol. The molecule has 1 unspecified atom stereocenters. The number of amides is 2. The summed E-state index contributed by atoms with van der Waals surface area (Å²) in [6, 6.07) is 5.79. The Balaban J connectivity index is 2.10. The van der Waals surface area contributed by atoms with Gasteiger partial charge < -0.3 is 10.2 Å². The van der Waals surface area contributed by atoms with Crippen LogP contribution in [0.25, 0.3) is 0 Å². The lowest BCUT2D eigenvalue weighted by atomic mass is 10.0. The Hall–Kier alpha value is -1.36. The van der Waals surface area contributed by atoms with Crippen molar-refractivity contribution < 1.29 is 9.59 Å². The quantitative estimate of drug-likeness (QED) is 0.900. The van der Waals surface area contributed by atoms with Crippen molar-refractivity contribution in [3.63, 3.8) is 0 Å². The van der Waals surface area contributed by atoms with Crippen LogP contribution in [0.2, 0.25) is 0 Å². The zero-order chi connectivity index (χ0) is 14.7. The van der Waals surface area contributed by atoms with E-state index in [0.29, 0.717) is 12.1 Å². The number of carbonyl (C=O) groups is 2. The fourth-order valence-electron chi connectivity index (χ4n) is 2.61. The van der Waals surface area contributed by atoms with Gasteiger partial charge in [0.15, 0.2) is 0 Å². The number of hydrogen-bond acceptors (Lipinski definition) is 2. The molecule has 1 aromatic carbocycles. The van der Waals surface area contributed by atoms with E-state index in [0.717, 1.165) is 29.4 Å². The molecule has 20 heavy (non-hydrogen) atoms. The first kappa shape index (κ1) is 15.0. The molecule has 5 heteroatoms. The van der Waals surface area contributed by atoms with E-state index < -0.39 is 0 Å². The van der Waals surface area contributed by atoms with E-state index in [1.165, 1.54) is 6.92 Å². The van der Waals surface area contributed by atoms with Crippen LogP contribution in [0, 0.1) is 6.92 Å². The molecule has 2 rings (SSSR count). The van der Waals surface area contributed by atoms with Crippen LogP contribution in [0.15, 0.2) is 22.7 Å². The van der Waals surface area contributed by atoms with Crippen LogP contribution < -0.4 is 5.32 Å². The Morgan fingerprint density at radius 2 is 2.10 bits per heavy atom. The fourth-order valence-corrected chi connectivity index (χ4v) is 3.22. The highest BCUT2D eigenvalue weighted by molar-refractivity contribution is 9.10. The molecule has 108 valence electrons. The van der Waals surface area contributed by atoms with Gasteiger partial charge in [-0.05, 0) is 43.5 Å². The highest BCUT2D eigenvalue weighted by atomic mass is 79.9. The van der Waals surface area contributed by atoms with E-state index in [-0.39, 0.29) is 17.9 Å². The highest BCUT2D eigenvalue weighted by Gasteiger charge is 2.25. The van der Waals surface area contributed by atoms with Crippen LogP contribution in [0.5, 0.6) is 0 Å². The molecule has 0 bridgehead atoms. The number of aryl methyl sites for hydroxylation is 1. The predicted molar refractivity (Wildman–Crippen MR) is 81.6 cm³/mol. The van der Waals surface area contributed by atoms with E-state index in [9.17, 15) is 9.59 Å². The first-order chi connectivity index (χ1) is 9.45. The smallest absolute Gasteiger partial charge is 0.253 e. The number of halogens is 1. The Bertz CT molecular complexity index is 510. The minimum atomic E-state index is -0.0393. The Morgan fingerprint density at radius 1 is 1.35 bits per heavy atom. The standard InChI is InChI=1S/C15H19BrN2O2/c1-10-6-12(8-13(16)7-10)15(20)18-5-3-4-14(9-18)17-11(2)19/h6-8,14H,3-5,9H2,1-2H3,(H,17,19). The lowest BCUT2D eigenvalue weighted by molar-refractivity contribution is -0.120. The molecule has 0 aromatic heterocycles. The minimum absolute atomic E-state index is 0.0319. The molecule has 1 atom stereocenters. The van der Waals surface area contributed by atoms with E-state index in [1.54, 1.807) is 0 Å². The van der Waals surface area contributed by atoms with Crippen LogP contribution >= 0.6 is 15.9 Å². The summed E-state index contributed by atoms with van der Waals surface area (Å²) in [5, 5.41) is 2.90. The van der Waals surface area contributed by atoms with Gasteiger partial charge in [0.05, 0.1) is 0 Å². The third kappa shape index (κ3) is 3.82. The van der Waals surface area contributed by atoms with Gasteiger partial charge in [-0.2, -0.15) is 0 Å². The number of nitrogens with one attached hydrogen (secondary N) is 1. The molecule has 1 aromatic rings. The van der Waals surface area contributed by atoms with Gasteiger partial charge in [-0.1, -0.05) is 15.9 Å². The first-order valence-electron chi connectivity index (χ1n) is 6.79. The third-order valence-corrected chi connectivity index (χ3v) is 3.86. The van der Waals surface area contributed by atoms with Gasteiger partial charge in [0.25, 0.3) is 5.91 Å². The van der Waals surface area contributed by atoms with Crippen LogP contribution in [0.1, 0.15) is 35.7 Å². The van der Waals surface area contributed by atoms with Gasteiger partial charge in [-0.15, -0.1) is 0 Å². The predicted octanol–water partition coefficient (Wildman–Crippen LogP) is 2.50. The number of piperidine rings is 1. The number of carbonyl (C=O) groups excluding carboxylic acids is 2. The van der Waals surface area contributed by atoms with Crippen molar-refractivity contribution in [2.45, 2.75) is 32.7 Å². The highest BCUT2D eigenvalue weighted by Crippen LogP contribution is 2.19. The average molecular weight is 339 g/mol. The summed E-state index contributed by atoms with van der Waals surface area (Å²) in [7, 11) is 0. The van der Waals surface area contributed by atoms with Gasteiger partial charge in [0.1, 0.15) is 0 Å². The molecule has 4 nitrogen and oxygen atoms in total. The third-order valence-electron chi connectivity index (χ3n) is 3.41. The number of benzene rings is 1. The van der Waals surface area contributed by atoms with Crippen LogP contribution in [-0.4, -0.2) is 35.8 Å². The summed E-state index contributed by atoms with van der Waals surface area (Å²) < 4.78 is 0.913. The molecule has 0 aliphatic carbocycles. The molecule has 0 spiro atoms. The lowest BCUT2D eigenvalue weighted by Gasteiger charge is -2.33. The molecule has 0 radical (unpaired) electrons. The van der Waals surface area contributed by atoms with E-state index in [4.69, 9.17) is 0 Å². The van der Waals surface area contributed by atoms with Gasteiger partial charge in [0.2, 0.25) is 5.91 Å². The van der Waals surface area contributed by atoms with Crippen molar-refractivity contribution in [2.75, 3.05) is 13.1 Å². The maximum absolute atomic E-state index is 12.5. The number of hydrogen-bond donors (Lipinski definition) is 1. The van der Waals surface area contributed by atoms with Gasteiger partial charge >= 0.3 is 0 Å². The van der Waals surface area contributed by atoms with Crippen molar-refractivity contribution in [1.29, 1.82) is 0 Å². The monoisotopic (exact) mass is 338 g/mol. The molecule has 1 saturated heterocycles. The summed E-state index contributed by atoms with van der Waals surface area (Å²) in [6.07, 6.45) is 1.85. The number of likely N-dealkylation sites (tertiary alicyclic amines) is 1. The molecule has 1 aliphatic rings. The second-order valence-corrected chi connectivity index (χ2v) is 6.22. The molecule has 1 heterocycles. The average Bonchev–Trinajstić information content (AvgIpc) is 2.36. The van der Waals surface area contributed by atoms with Crippen molar-refractivity contribution in [1.82, 2.24) is 10.2 Å².